The summed E-state index contributed by atoms with van der Waals surface area (Å²) in [4.78, 5) is 30.8. The lowest BCUT2D eigenvalue weighted by Gasteiger charge is -2.38. The number of hydrogen-bond acceptors (Lipinski definition) is 4. The van der Waals surface area contributed by atoms with Crippen LogP contribution in [0.1, 0.15) is 20.3 Å². The second kappa shape index (κ2) is 8.62. The number of amides is 2. The molecule has 1 unspecified atom stereocenters. The zero-order valence-electron chi connectivity index (χ0n) is 15.1. The van der Waals surface area contributed by atoms with Crippen molar-refractivity contribution in [1.29, 1.82) is 0 Å². The van der Waals surface area contributed by atoms with Gasteiger partial charge in [0.1, 0.15) is 0 Å². The Hall–Kier alpha value is -2.40. The van der Waals surface area contributed by atoms with Gasteiger partial charge in [0.15, 0.2) is 0 Å². The third kappa shape index (κ3) is 4.17. The van der Waals surface area contributed by atoms with Crippen molar-refractivity contribution in [2.75, 3.05) is 26.2 Å². The molecule has 1 atom stereocenters. The average molecular weight is 341 g/mol. The van der Waals surface area contributed by atoms with Gasteiger partial charge in [-0.25, -0.2) is 4.90 Å². The SMILES string of the molecule is C=C/C=C(\C=C)N1C(=O)CC(N2CCN(/C(C)=C/C=C\C)CC2)C1=O. The van der Waals surface area contributed by atoms with Gasteiger partial charge in [0.2, 0.25) is 5.91 Å². The van der Waals surface area contributed by atoms with Crippen molar-refractivity contribution in [1.82, 2.24) is 14.7 Å². The van der Waals surface area contributed by atoms with Crippen molar-refractivity contribution >= 4 is 11.8 Å². The van der Waals surface area contributed by atoms with Gasteiger partial charge in [-0.3, -0.25) is 14.5 Å². The van der Waals surface area contributed by atoms with Crippen molar-refractivity contribution in [3.05, 3.63) is 61.0 Å². The third-order valence-corrected chi connectivity index (χ3v) is 4.66. The molecule has 2 heterocycles. The topological polar surface area (TPSA) is 43.9 Å². The number of rotatable bonds is 6. The average Bonchev–Trinajstić information content (AvgIpc) is 2.92. The Morgan fingerprint density at radius 2 is 1.80 bits per heavy atom. The van der Waals surface area contributed by atoms with E-state index in [4.69, 9.17) is 0 Å². The predicted octanol–water partition coefficient (Wildman–Crippen LogP) is 2.47. The lowest BCUT2D eigenvalue weighted by Crippen LogP contribution is -2.51. The smallest absolute Gasteiger partial charge is 0.251 e. The van der Waals surface area contributed by atoms with Gasteiger partial charge in [0, 0.05) is 31.9 Å². The number of imide groups is 1. The highest BCUT2D eigenvalue weighted by Gasteiger charge is 2.43. The number of nitrogens with zero attached hydrogens (tertiary/aromatic N) is 3. The van der Waals surface area contributed by atoms with Gasteiger partial charge in [-0.15, -0.1) is 0 Å². The molecule has 2 amide bonds. The largest absolute Gasteiger partial charge is 0.372 e. The van der Waals surface area contributed by atoms with Crippen LogP contribution in [0.4, 0.5) is 0 Å². The van der Waals surface area contributed by atoms with Crippen LogP contribution in [0.15, 0.2) is 61.0 Å². The zero-order valence-corrected chi connectivity index (χ0v) is 15.1. The summed E-state index contributed by atoms with van der Waals surface area (Å²) in [5.74, 6) is -0.331. The highest BCUT2D eigenvalue weighted by molar-refractivity contribution is 6.07. The molecule has 0 saturated carbocycles. The van der Waals surface area contributed by atoms with Crippen LogP contribution in [0.5, 0.6) is 0 Å². The molecule has 0 bridgehead atoms. The number of piperazine rings is 1. The standard InChI is InChI=1S/C20H27N3O2/c1-5-8-10-16(4)21-11-13-22(14-12-21)18-15-19(24)23(20(18)25)17(7-3)9-6-2/h5-10,18H,2-3,11-15H2,1,4H3/b8-5-,16-10+,17-9+. The Kier molecular flexibility index (Phi) is 6.53. The molecule has 0 aliphatic carbocycles. The first-order valence-corrected chi connectivity index (χ1v) is 8.64. The fourth-order valence-corrected chi connectivity index (χ4v) is 3.25. The van der Waals surface area contributed by atoms with Crippen LogP contribution in [0.25, 0.3) is 0 Å². The lowest BCUT2D eigenvalue weighted by molar-refractivity contribution is -0.137. The maximum Gasteiger partial charge on any atom is 0.251 e. The molecule has 0 radical (unpaired) electrons. The fraction of sp³-hybridized carbons (Fsp3) is 0.400. The van der Waals surface area contributed by atoms with E-state index in [0.29, 0.717) is 5.70 Å². The van der Waals surface area contributed by atoms with Gasteiger partial charge in [-0.1, -0.05) is 31.4 Å². The van der Waals surface area contributed by atoms with Crippen LogP contribution in [-0.4, -0.2) is 58.7 Å². The van der Waals surface area contributed by atoms with Gasteiger partial charge in [-0.2, -0.15) is 0 Å². The summed E-state index contributed by atoms with van der Waals surface area (Å²) >= 11 is 0. The summed E-state index contributed by atoms with van der Waals surface area (Å²) in [6.45, 7) is 14.7. The van der Waals surface area contributed by atoms with Crippen LogP contribution in [0, 0.1) is 0 Å². The quantitative estimate of drug-likeness (QED) is 0.550. The van der Waals surface area contributed by atoms with Crippen LogP contribution in [0.3, 0.4) is 0 Å². The number of hydrogen-bond donors (Lipinski definition) is 0. The van der Waals surface area contributed by atoms with E-state index in [1.165, 1.54) is 16.7 Å². The first-order chi connectivity index (χ1) is 12.0. The summed E-state index contributed by atoms with van der Waals surface area (Å²) in [6, 6.07) is -0.373. The van der Waals surface area contributed by atoms with E-state index < -0.39 is 0 Å². The van der Waals surface area contributed by atoms with Crippen molar-refractivity contribution in [3.63, 3.8) is 0 Å². The van der Waals surface area contributed by atoms with Crippen LogP contribution >= 0.6 is 0 Å². The summed E-state index contributed by atoms with van der Waals surface area (Å²) < 4.78 is 0. The first-order valence-electron chi connectivity index (χ1n) is 8.64. The molecular formula is C20H27N3O2. The van der Waals surface area contributed by atoms with E-state index in [0.717, 1.165) is 26.2 Å². The number of carbonyl (C=O) groups is 2. The van der Waals surface area contributed by atoms with E-state index in [2.05, 4.69) is 36.0 Å². The van der Waals surface area contributed by atoms with Gasteiger partial charge in [-0.05, 0) is 32.1 Å². The summed E-state index contributed by atoms with van der Waals surface area (Å²) in [7, 11) is 0. The van der Waals surface area contributed by atoms with Crippen LogP contribution in [0.2, 0.25) is 0 Å². The van der Waals surface area contributed by atoms with Gasteiger partial charge in [0.05, 0.1) is 18.2 Å². The molecule has 2 aliphatic rings. The van der Waals surface area contributed by atoms with E-state index in [9.17, 15) is 9.59 Å². The molecule has 2 aliphatic heterocycles. The van der Waals surface area contributed by atoms with Gasteiger partial charge in [0.25, 0.3) is 5.91 Å². The molecule has 0 N–H and O–H groups in total. The van der Waals surface area contributed by atoms with E-state index in [-0.39, 0.29) is 24.3 Å². The summed E-state index contributed by atoms with van der Waals surface area (Å²) in [5, 5.41) is 0. The molecule has 5 heteroatoms. The highest BCUT2D eigenvalue weighted by Crippen LogP contribution is 2.25. The Bertz CT molecular complexity index is 637. The third-order valence-electron chi connectivity index (χ3n) is 4.66. The summed E-state index contributed by atoms with van der Waals surface area (Å²) in [6.07, 6.45) is 11.1. The molecule has 0 spiro atoms. The summed E-state index contributed by atoms with van der Waals surface area (Å²) in [5.41, 5.74) is 1.72. The minimum atomic E-state index is -0.373. The minimum absolute atomic E-state index is 0.160. The predicted molar refractivity (Wildman–Crippen MR) is 100 cm³/mol. The minimum Gasteiger partial charge on any atom is -0.372 e. The Balaban J connectivity index is 2.04. The van der Waals surface area contributed by atoms with Crippen molar-refractivity contribution in [2.24, 2.45) is 0 Å². The second-order valence-corrected chi connectivity index (χ2v) is 6.18. The molecule has 5 nitrogen and oxygen atoms in total. The van der Waals surface area contributed by atoms with E-state index in [1.54, 1.807) is 12.2 Å². The second-order valence-electron chi connectivity index (χ2n) is 6.18. The molecule has 0 aromatic rings. The van der Waals surface area contributed by atoms with Crippen LogP contribution < -0.4 is 0 Å². The fourth-order valence-electron chi connectivity index (χ4n) is 3.25. The van der Waals surface area contributed by atoms with Gasteiger partial charge < -0.3 is 4.90 Å². The first kappa shape index (κ1) is 18.9. The maximum atomic E-state index is 12.8. The highest BCUT2D eigenvalue weighted by atomic mass is 16.2. The van der Waals surface area contributed by atoms with Gasteiger partial charge >= 0.3 is 0 Å². The zero-order chi connectivity index (χ0) is 18.4. The van der Waals surface area contributed by atoms with Crippen LogP contribution in [-0.2, 0) is 9.59 Å². The lowest BCUT2D eigenvalue weighted by atomic mass is 10.1. The number of likely N-dealkylation sites (tertiary alicyclic amines) is 1. The van der Waals surface area contributed by atoms with Crippen molar-refractivity contribution < 1.29 is 9.59 Å². The van der Waals surface area contributed by atoms with E-state index >= 15 is 0 Å². The molecule has 2 fully saturated rings. The molecule has 25 heavy (non-hydrogen) atoms. The van der Waals surface area contributed by atoms with E-state index in [1.807, 2.05) is 19.1 Å². The van der Waals surface area contributed by atoms with Crippen molar-refractivity contribution in [2.45, 2.75) is 26.3 Å². The number of carbonyl (C=O) groups excluding carboxylic acids is 2. The maximum absolute atomic E-state index is 12.8. The normalized spacial score (nSPS) is 23.7. The molecule has 0 aromatic heterocycles. The molecule has 2 rings (SSSR count). The molecule has 0 aromatic carbocycles. The Labute approximate surface area is 150 Å². The molecular weight excluding hydrogens is 314 g/mol. The number of allylic oxidation sites excluding steroid dienone is 7. The van der Waals surface area contributed by atoms with Crippen molar-refractivity contribution in [3.8, 4) is 0 Å². The Morgan fingerprint density at radius 3 is 2.36 bits per heavy atom. The molecule has 134 valence electrons. The molecule has 2 saturated heterocycles. The monoisotopic (exact) mass is 341 g/mol. The Morgan fingerprint density at radius 1 is 1.12 bits per heavy atom.